The molecule has 29 heavy (non-hydrogen) atoms. The predicted molar refractivity (Wildman–Crippen MR) is 114 cm³/mol. The summed E-state index contributed by atoms with van der Waals surface area (Å²) >= 11 is 1.47. The molecular weight excluding hydrogens is 402 g/mol. The van der Waals surface area contributed by atoms with Crippen molar-refractivity contribution in [2.75, 3.05) is 0 Å². The monoisotopic (exact) mass is 419 g/mol. The summed E-state index contributed by atoms with van der Waals surface area (Å²) in [4.78, 5) is 4.86. The van der Waals surface area contributed by atoms with Crippen LogP contribution in [0.5, 0.6) is 0 Å². The van der Waals surface area contributed by atoms with Crippen molar-refractivity contribution in [3.8, 4) is 6.07 Å². The molecule has 0 aliphatic carbocycles. The SMILES string of the molecule is N#Cc1cccc(CC(NS(=O)(=O)c2ccccc2)c2nc3ccccc3s2)c1. The van der Waals surface area contributed by atoms with Crippen molar-refractivity contribution in [3.63, 3.8) is 0 Å². The predicted octanol–water partition coefficient (Wildman–Crippen LogP) is 4.43. The lowest BCUT2D eigenvalue weighted by Crippen LogP contribution is -2.30. The van der Waals surface area contributed by atoms with E-state index in [1.54, 1.807) is 48.5 Å². The lowest BCUT2D eigenvalue weighted by Gasteiger charge is -2.17. The second-order valence-corrected chi connectivity index (χ2v) is 9.30. The molecule has 5 nitrogen and oxygen atoms in total. The molecule has 0 bridgehead atoms. The zero-order chi connectivity index (χ0) is 20.3. The fourth-order valence-electron chi connectivity index (χ4n) is 3.08. The minimum atomic E-state index is -3.73. The van der Waals surface area contributed by atoms with E-state index in [1.165, 1.54) is 11.3 Å². The molecule has 144 valence electrons. The highest BCUT2D eigenvalue weighted by molar-refractivity contribution is 7.89. The van der Waals surface area contributed by atoms with Crippen LogP contribution in [-0.4, -0.2) is 13.4 Å². The standard InChI is InChI=1S/C22H17N3O2S2/c23-15-17-8-6-7-16(13-17)14-20(22-24-19-11-4-5-12-21(19)28-22)25-29(26,27)18-9-2-1-3-10-18/h1-13,20,25H,14H2. The first kappa shape index (κ1) is 19.3. The van der Waals surface area contributed by atoms with Gasteiger partial charge in [0.05, 0.1) is 32.8 Å². The normalized spacial score (nSPS) is 12.5. The summed E-state index contributed by atoms with van der Waals surface area (Å²) in [6, 6.07) is 24.8. The van der Waals surface area contributed by atoms with Crippen molar-refractivity contribution in [2.24, 2.45) is 0 Å². The molecule has 4 aromatic rings. The van der Waals surface area contributed by atoms with Crippen LogP contribution in [0.2, 0.25) is 0 Å². The smallest absolute Gasteiger partial charge is 0.239 e. The van der Waals surface area contributed by atoms with Gasteiger partial charge in [-0.2, -0.15) is 5.26 Å². The largest absolute Gasteiger partial charge is 0.241 e. The molecule has 0 aliphatic heterocycles. The van der Waals surface area contributed by atoms with E-state index in [9.17, 15) is 13.7 Å². The van der Waals surface area contributed by atoms with Crippen LogP contribution in [-0.2, 0) is 16.4 Å². The van der Waals surface area contributed by atoms with Gasteiger partial charge in [-0.05, 0) is 48.4 Å². The van der Waals surface area contributed by atoms with Crippen LogP contribution in [0.15, 0.2) is 83.8 Å². The van der Waals surface area contributed by atoms with Crippen molar-refractivity contribution in [2.45, 2.75) is 17.4 Å². The molecule has 0 fully saturated rings. The molecule has 0 amide bonds. The van der Waals surface area contributed by atoms with Crippen molar-refractivity contribution in [1.82, 2.24) is 9.71 Å². The number of fused-ring (bicyclic) bond motifs is 1. The van der Waals surface area contributed by atoms with Crippen LogP contribution in [0.25, 0.3) is 10.2 Å². The van der Waals surface area contributed by atoms with Gasteiger partial charge in [0.25, 0.3) is 0 Å². The first-order chi connectivity index (χ1) is 14.0. The lowest BCUT2D eigenvalue weighted by molar-refractivity contribution is 0.554. The van der Waals surface area contributed by atoms with Gasteiger partial charge in [-0.1, -0.05) is 42.5 Å². The van der Waals surface area contributed by atoms with Crippen LogP contribution in [0.1, 0.15) is 22.2 Å². The van der Waals surface area contributed by atoms with Crippen LogP contribution < -0.4 is 4.72 Å². The second kappa shape index (κ2) is 8.13. The van der Waals surface area contributed by atoms with E-state index in [1.807, 2.05) is 30.3 Å². The molecule has 0 spiro atoms. The number of hydrogen-bond donors (Lipinski definition) is 1. The molecule has 3 aromatic carbocycles. The molecule has 0 saturated carbocycles. The van der Waals surface area contributed by atoms with Crippen molar-refractivity contribution in [1.29, 1.82) is 5.26 Å². The highest BCUT2D eigenvalue weighted by atomic mass is 32.2. The zero-order valence-corrected chi connectivity index (χ0v) is 17.0. The quantitative estimate of drug-likeness (QED) is 0.501. The van der Waals surface area contributed by atoms with Gasteiger partial charge < -0.3 is 0 Å². The van der Waals surface area contributed by atoms with Gasteiger partial charge in [-0.3, -0.25) is 0 Å². The highest BCUT2D eigenvalue weighted by Gasteiger charge is 2.24. The summed E-state index contributed by atoms with van der Waals surface area (Å²) in [5.41, 5.74) is 2.24. The number of sulfonamides is 1. The number of nitriles is 1. The molecule has 1 heterocycles. The average molecular weight is 420 g/mol. The fraction of sp³-hybridized carbons (Fsp3) is 0.0909. The number of thiazole rings is 1. The van der Waals surface area contributed by atoms with E-state index in [0.717, 1.165) is 15.8 Å². The second-order valence-electron chi connectivity index (χ2n) is 6.52. The Morgan fingerprint density at radius 1 is 1.00 bits per heavy atom. The van der Waals surface area contributed by atoms with Crippen LogP contribution in [0, 0.1) is 11.3 Å². The molecule has 0 saturated heterocycles. The Morgan fingerprint density at radius 3 is 2.52 bits per heavy atom. The molecule has 1 unspecified atom stereocenters. The lowest BCUT2D eigenvalue weighted by atomic mass is 10.0. The van der Waals surface area contributed by atoms with E-state index < -0.39 is 16.1 Å². The molecule has 4 rings (SSSR count). The Bertz CT molecular complexity index is 1260. The van der Waals surface area contributed by atoms with Gasteiger partial charge in [0.1, 0.15) is 5.01 Å². The maximum Gasteiger partial charge on any atom is 0.241 e. The van der Waals surface area contributed by atoms with E-state index in [0.29, 0.717) is 17.0 Å². The summed E-state index contributed by atoms with van der Waals surface area (Å²) in [6.45, 7) is 0. The number of nitrogens with zero attached hydrogens (tertiary/aromatic N) is 2. The third-order valence-corrected chi connectivity index (χ3v) is 7.09. The first-order valence-electron chi connectivity index (χ1n) is 8.97. The van der Waals surface area contributed by atoms with Crippen LogP contribution in [0.3, 0.4) is 0 Å². The van der Waals surface area contributed by atoms with Crippen molar-refractivity contribution < 1.29 is 8.42 Å². The maximum atomic E-state index is 13.0. The van der Waals surface area contributed by atoms with E-state index >= 15 is 0 Å². The highest BCUT2D eigenvalue weighted by Crippen LogP contribution is 2.29. The number of hydrogen-bond acceptors (Lipinski definition) is 5. The minimum absolute atomic E-state index is 0.205. The van der Waals surface area contributed by atoms with Crippen molar-refractivity contribution >= 4 is 31.6 Å². The number of aromatic nitrogens is 1. The summed E-state index contributed by atoms with van der Waals surface area (Å²) in [6.07, 6.45) is 0.390. The third kappa shape index (κ3) is 4.35. The van der Waals surface area contributed by atoms with Crippen LogP contribution in [0.4, 0.5) is 0 Å². The molecule has 0 radical (unpaired) electrons. The van der Waals surface area contributed by atoms with Gasteiger partial charge in [-0.25, -0.2) is 18.1 Å². The van der Waals surface area contributed by atoms with Gasteiger partial charge in [0, 0.05) is 0 Å². The number of rotatable bonds is 6. The molecule has 1 N–H and O–H groups in total. The van der Waals surface area contributed by atoms with E-state index in [2.05, 4.69) is 15.8 Å². The zero-order valence-electron chi connectivity index (χ0n) is 15.3. The Balaban J connectivity index is 1.73. The number of benzene rings is 3. The summed E-state index contributed by atoms with van der Waals surface area (Å²) in [5.74, 6) is 0. The Labute approximate surface area is 173 Å². The first-order valence-corrected chi connectivity index (χ1v) is 11.3. The van der Waals surface area contributed by atoms with Gasteiger partial charge in [-0.15, -0.1) is 11.3 Å². The summed E-state index contributed by atoms with van der Waals surface area (Å²) in [5, 5.41) is 9.86. The molecule has 0 aliphatic rings. The van der Waals surface area contributed by atoms with E-state index in [4.69, 9.17) is 0 Å². The summed E-state index contributed by atoms with van der Waals surface area (Å²) < 4.78 is 29.7. The fourth-order valence-corrected chi connectivity index (χ4v) is 5.39. The topological polar surface area (TPSA) is 82.9 Å². The Hall–Kier alpha value is -3.05. The van der Waals surface area contributed by atoms with Crippen molar-refractivity contribution in [3.05, 3.63) is 95.0 Å². The maximum absolute atomic E-state index is 13.0. The molecule has 1 atom stereocenters. The van der Waals surface area contributed by atoms with Gasteiger partial charge in [0.15, 0.2) is 0 Å². The minimum Gasteiger partial charge on any atom is -0.239 e. The number of para-hydroxylation sites is 1. The molecule has 7 heteroatoms. The Kier molecular flexibility index (Phi) is 5.41. The van der Waals surface area contributed by atoms with Gasteiger partial charge >= 0.3 is 0 Å². The molecule has 1 aromatic heterocycles. The van der Waals surface area contributed by atoms with Gasteiger partial charge in [0.2, 0.25) is 10.0 Å². The average Bonchev–Trinajstić information content (AvgIpc) is 3.18. The molecular formula is C22H17N3O2S2. The Morgan fingerprint density at radius 2 is 1.76 bits per heavy atom. The van der Waals surface area contributed by atoms with Crippen LogP contribution >= 0.6 is 11.3 Å². The number of nitrogens with one attached hydrogen (secondary N) is 1. The summed E-state index contributed by atoms with van der Waals surface area (Å²) in [7, 11) is -3.73. The van der Waals surface area contributed by atoms with E-state index in [-0.39, 0.29) is 4.90 Å². The third-order valence-electron chi connectivity index (χ3n) is 4.46.